The van der Waals surface area contributed by atoms with E-state index in [0.717, 1.165) is 6.54 Å². The standard InChI is InChI=1S/C11H11BrN4O3S/c1-2-13-11-15-14-10(20-11)6-19-9-4-3-7(12)5-8(9)16(17)18/h3-5H,2,6H2,1H3,(H,13,15). The summed E-state index contributed by atoms with van der Waals surface area (Å²) in [4.78, 5) is 10.5. The largest absolute Gasteiger partial charge is 0.479 e. The first-order valence-corrected chi connectivity index (χ1v) is 7.34. The maximum atomic E-state index is 10.9. The Morgan fingerprint density at radius 3 is 3.00 bits per heavy atom. The summed E-state index contributed by atoms with van der Waals surface area (Å²) < 4.78 is 6.08. The highest BCUT2D eigenvalue weighted by atomic mass is 79.9. The Morgan fingerprint density at radius 1 is 1.50 bits per heavy atom. The summed E-state index contributed by atoms with van der Waals surface area (Å²) in [5.74, 6) is 0.207. The molecular formula is C11H11BrN4O3S. The quantitative estimate of drug-likeness (QED) is 0.629. The van der Waals surface area contributed by atoms with Crippen molar-refractivity contribution in [1.29, 1.82) is 0 Å². The second-order valence-electron chi connectivity index (χ2n) is 3.69. The van der Waals surface area contributed by atoms with Crippen LogP contribution in [0.1, 0.15) is 11.9 Å². The fourth-order valence-corrected chi connectivity index (χ4v) is 2.50. The van der Waals surface area contributed by atoms with Crippen LogP contribution in [0.15, 0.2) is 22.7 Å². The van der Waals surface area contributed by atoms with Crippen LogP contribution in [0.5, 0.6) is 5.75 Å². The molecule has 2 rings (SSSR count). The number of hydrogen-bond acceptors (Lipinski definition) is 7. The average Bonchev–Trinajstić information content (AvgIpc) is 2.85. The van der Waals surface area contributed by atoms with Gasteiger partial charge in [0.05, 0.1) is 4.92 Å². The molecule has 1 heterocycles. The lowest BCUT2D eigenvalue weighted by molar-refractivity contribution is -0.386. The monoisotopic (exact) mass is 358 g/mol. The van der Waals surface area contributed by atoms with E-state index in [9.17, 15) is 10.1 Å². The van der Waals surface area contributed by atoms with Gasteiger partial charge in [0.25, 0.3) is 0 Å². The van der Waals surface area contributed by atoms with E-state index < -0.39 is 4.92 Å². The van der Waals surface area contributed by atoms with Gasteiger partial charge in [0.2, 0.25) is 5.13 Å². The molecule has 0 amide bonds. The SMILES string of the molecule is CCNc1nnc(COc2ccc(Br)cc2[N+](=O)[O-])s1. The van der Waals surface area contributed by atoms with Gasteiger partial charge >= 0.3 is 5.69 Å². The molecule has 1 N–H and O–H groups in total. The number of hydrogen-bond donors (Lipinski definition) is 1. The third kappa shape index (κ3) is 3.64. The van der Waals surface area contributed by atoms with E-state index in [0.29, 0.717) is 14.6 Å². The maximum Gasteiger partial charge on any atom is 0.312 e. The van der Waals surface area contributed by atoms with Gasteiger partial charge in [0.1, 0.15) is 6.61 Å². The Labute approximate surface area is 127 Å². The number of anilines is 1. The molecule has 1 aromatic carbocycles. The van der Waals surface area contributed by atoms with Crippen LogP contribution in [-0.2, 0) is 6.61 Å². The molecule has 7 nitrogen and oxygen atoms in total. The molecule has 0 atom stereocenters. The number of rotatable bonds is 6. The van der Waals surface area contributed by atoms with Crippen molar-refractivity contribution in [3.63, 3.8) is 0 Å². The number of halogens is 1. The molecule has 0 aliphatic carbocycles. The number of nitro groups is 1. The van der Waals surface area contributed by atoms with Gasteiger partial charge in [-0.1, -0.05) is 27.3 Å². The number of benzene rings is 1. The van der Waals surface area contributed by atoms with Crippen LogP contribution < -0.4 is 10.1 Å². The predicted octanol–water partition coefficient (Wildman–Crippen LogP) is 3.22. The highest BCUT2D eigenvalue weighted by molar-refractivity contribution is 9.10. The molecule has 0 saturated heterocycles. The fraction of sp³-hybridized carbons (Fsp3) is 0.273. The summed E-state index contributed by atoms with van der Waals surface area (Å²) in [6.45, 7) is 2.86. The molecule has 106 valence electrons. The van der Waals surface area contributed by atoms with E-state index in [1.807, 2.05) is 6.92 Å². The molecule has 0 spiro atoms. The van der Waals surface area contributed by atoms with Gasteiger partial charge in [-0.3, -0.25) is 10.1 Å². The zero-order valence-electron chi connectivity index (χ0n) is 10.5. The van der Waals surface area contributed by atoms with Gasteiger partial charge in [-0.05, 0) is 19.1 Å². The maximum absolute atomic E-state index is 10.9. The molecular weight excluding hydrogens is 348 g/mol. The minimum atomic E-state index is -0.482. The molecule has 0 radical (unpaired) electrons. The van der Waals surface area contributed by atoms with E-state index in [1.54, 1.807) is 12.1 Å². The topological polar surface area (TPSA) is 90.2 Å². The van der Waals surface area contributed by atoms with Crippen molar-refractivity contribution < 1.29 is 9.66 Å². The zero-order valence-corrected chi connectivity index (χ0v) is 12.9. The van der Waals surface area contributed by atoms with Crippen molar-refractivity contribution in [3.05, 3.63) is 37.8 Å². The Hall–Kier alpha value is -1.74. The van der Waals surface area contributed by atoms with E-state index in [1.165, 1.54) is 17.4 Å². The van der Waals surface area contributed by atoms with Crippen LogP contribution in [0.2, 0.25) is 0 Å². The van der Waals surface area contributed by atoms with E-state index >= 15 is 0 Å². The average molecular weight is 359 g/mol. The van der Waals surface area contributed by atoms with Gasteiger partial charge < -0.3 is 10.1 Å². The van der Waals surface area contributed by atoms with Crippen LogP contribution in [-0.4, -0.2) is 21.7 Å². The molecule has 0 aliphatic rings. The molecule has 20 heavy (non-hydrogen) atoms. The lowest BCUT2D eigenvalue weighted by Crippen LogP contribution is -1.99. The first kappa shape index (κ1) is 14.7. The van der Waals surface area contributed by atoms with E-state index in [-0.39, 0.29) is 18.0 Å². The van der Waals surface area contributed by atoms with Crippen LogP contribution in [0.3, 0.4) is 0 Å². The molecule has 0 bridgehead atoms. The first-order chi connectivity index (χ1) is 9.60. The van der Waals surface area contributed by atoms with Gasteiger partial charge in [0, 0.05) is 17.1 Å². The summed E-state index contributed by atoms with van der Waals surface area (Å²) in [6.07, 6.45) is 0. The minimum Gasteiger partial charge on any atom is -0.479 e. The Bertz CT molecular complexity index is 619. The number of nitrogens with one attached hydrogen (secondary N) is 1. The summed E-state index contributed by atoms with van der Waals surface area (Å²) in [6, 6.07) is 4.64. The van der Waals surface area contributed by atoms with Gasteiger partial charge in [-0.15, -0.1) is 10.2 Å². The van der Waals surface area contributed by atoms with Crippen LogP contribution in [0.4, 0.5) is 10.8 Å². The zero-order chi connectivity index (χ0) is 14.5. The van der Waals surface area contributed by atoms with Crippen LogP contribution in [0.25, 0.3) is 0 Å². The summed E-state index contributed by atoms with van der Waals surface area (Å²) in [5.41, 5.74) is -0.0872. The van der Waals surface area contributed by atoms with E-state index in [2.05, 4.69) is 31.4 Å². The second-order valence-corrected chi connectivity index (χ2v) is 5.67. The molecule has 0 fully saturated rings. The van der Waals surface area contributed by atoms with Gasteiger partial charge in [0.15, 0.2) is 10.8 Å². The Balaban J connectivity index is 2.08. The molecule has 0 aliphatic heterocycles. The second kappa shape index (κ2) is 6.62. The lowest BCUT2D eigenvalue weighted by Gasteiger charge is -2.04. The normalized spacial score (nSPS) is 10.3. The Kier molecular flexibility index (Phi) is 4.85. The molecule has 0 saturated carbocycles. The smallest absolute Gasteiger partial charge is 0.312 e. The Morgan fingerprint density at radius 2 is 2.30 bits per heavy atom. The first-order valence-electron chi connectivity index (χ1n) is 5.73. The highest BCUT2D eigenvalue weighted by Gasteiger charge is 2.16. The van der Waals surface area contributed by atoms with Crippen molar-refractivity contribution in [2.24, 2.45) is 0 Å². The van der Waals surface area contributed by atoms with Gasteiger partial charge in [-0.25, -0.2) is 0 Å². The number of nitro benzene ring substituents is 1. The third-order valence-corrected chi connectivity index (χ3v) is 3.61. The summed E-state index contributed by atoms with van der Waals surface area (Å²) >= 11 is 4.55. The third-order valence-electron chi connectivity index (χ3n) is 2.26. The number of ether oxygens (including phenoxy) is 1. The molecule has 1 aromatic heterocycles. The fourth-order valence-electron chi connectivity index (χ4n) is 1.43. The van der Waals surface area contributed by atoms with Crippen LogP contribution >= 0.6 is 27.3 Å². The molecule has 9 heteroatoms. The predicted molar refractivity (Wildman–Crippen MR) is 79.2 cm³/mol. The van der Waals surface area contributed by atoms with Crippen molar-refractivity contribution in [3.8, 4) is 5.75 Å². The van der Waals surface area contributed by atoms with Crippen molar-refractivity contribution >= 4 is 38.1 Å². The van der Waals surface area contributed by atoms with E-state index in [4.69, 9.17) is 4.74 Å². The molecule has 2 aromatic rings. The van der Waals surface area contributed by atoms with Crippen molar-refractivity contribution in [1.82, 2.24) is 10.2 Å². The number of nitrogens with zero attached hydrogens (tertiary/aromatic N) is 3. The number of aromatic nitrogens is 2. The van der Waals surface area contributed by atoms with Gasteiger partial charge in [-0.2, -0.15) is 0 Å². The van der Waals surface area contributed by atoms with Crippen molar-refractivity contribution in [2.45, 2.75) is 13.5 Å². The molecule has 0 unspecified atom stereocenters. The van der Waals surface area contributed by atoms with Crippen LogP contribution in [0, 0.1) is 10.1 Å². The lowest BCUT2D eigenvalue weighted by atomic mass is 10.3. The summed E-state index contributed by atoms with van der Waals surface area (Å²) in [5, 5.41) is 23.2. The summed E-state index contributed by atoms with van der Waals surface area (Å²) in [7, 11) is 0. The van der Waals surface area contributed by atoms with Crippen molar-refractivity contribution in [2.75, 3.05) is 11.9 Å². The minimum absolute atomic E-state index is 0.0872. The highest BCUT2D eigenvalue weighted by Crippen LogP contribution is 2.31.